The predicted octanol–water partition coefficient (Wildman–Crippen LogP) is 0.455. The summed E-state index contributed by atoms with van der Waals surface area (Å²) >= 11 is 6.27. The summed E-state index contributed by atoms with van der Waals surface area (Å²) in [5, 5.41) is 5.11. The van der Waals surface area contributed by atoms with Gasteiger partial charge in [-0.3, -0.25) is 5.43 Å². The van der Waals surface area contributed by atoms with Crippen molar-refractivity contribution in [3.63, 3.8) is 0 Å². The summed E-state index contributed by atoms with van der Waals surface area (Å²) < 4.78 is 5.32. The smallest absolute Gasteiger partial charge is 0.186 e. The lowest BCUT2D eigenvalue weighted by molar-refractivity contribution is 0.122. The minimum Gasteiger partial charge on any atom is -0.378 e. The van der Waals surface area contributed by atoms with Crippen LogP contribution in [0, 0.1) is 6.92 Å². The van der Waals surface area contributed by atoms with Gasteiger partial charge in [0, 0.05) is 13.1 Å². The Bertz CT molecular complexity index is 453. The molecule has 0 aliphatic carbocycles. The fraction of sp³-hybridized carbons (Fsp3) is 0.500. The van der Waals surface area contributed by atoms with E-state index in [1.165, 1.54) is 0 Å². The van der Waals surface area contributed by atoms with E-state index < -0.39 is 0 Å². The van der Waals surface area contributed by atoms with Gasteiger partial charge in [0.1, 0.15) is 0 Å². The molecule has 0 spiro atoms. The molecule has 0 radical (unpaired) electrons. The lowest BCUT2D eigenvalue weighted by Gasteiger charge is -2.25. The van der Waals surface area contributed by atoms with Crippen LogP contribution in [-0.4, -0.2) is 42.6 Å². The van der Waals surface area contributed by atoms with Crippen molar-refractivity contribution in [1.82, 2.24) is 10.4 Å². The minimum atomic E-state index is 0.154. The largest absolute Gasteiger partial charge is 0.378 e. The first-order valence-corrected chi connectivity index (χ1v) is 6.78. The van der Waals surface area contributed by atoms with E-state index in [1.807, 2.05) is 6.92 Å². The summed E-state index contributed by atoms with van der Waals surface area (Å²) in [6.07, 6.45) is 1.69. The van der Waals surface area contributed by atoms with Crippen LogP contribution in [0.4, 0.5) is 5.13 Å². The molecule has 1 aliphatic rings. The number of thiazole rings is 1. The lowest BCUT2D eigenvalue weighted by atomic mass is 10.4. The van der Waals surface area contributed by atoms with Gasteiger partial charge in [0.15, 0.2) is 10.2 Å². The van der Waals surface area contributed by atoms with Gasteiger partial charge in [0.2, 0.25) is 0 Å². The van der Waals surface area contributed by atoms with Crippen LogP contribution < -0.4 is 16.1 Å². The summed E-state index contributed by atoms with van der Waals surface area (Å²) in [7, 11) is 0. The average Bonchev–Trinajstić information content (AvgIpc) is 2.72. The van der Waals surface area contributed by atoms with E-state index in [0.717, 1.165) is 42.0 Å². The van der Waals surface area contributed by atoms with Gasteiger partial charge in [-0.05, 0) is 19.1 Å². The molecular weight excluding hydrogens is 270 g/mol. The Morgan fingerprint density at radius 3 is 3.00 bits per heavy atom. The monoisotopic (exact) mass is 285 g/mol. The molecule has 0 atom stereocenters. The second-order valence-electron chi connectivity index (χ2n) is 3.78. The standard InChI is InChI=1S/C10H15N5OS2/c1-7-8(6-12-14-9(11)17)18-10(13-7)15-2-4-16-5-3-15/h6H,2-5H2,1H3,(H3,11,14,17). The highest BCUT2D eigenvalue weighted by Crippen LogP contribution is 2.25. The van der Waals surface area contributed by atoms with Crippen molar-refractivity contribution >= 4 is 40.0 Å². The van der Waals surface area contributed by atoms with E-state index in [4.69, 9.17) is 10.5 Å². The molecule has 8 heteroatoms. The number of aryl methyl sites for hydroxylation is 1. The number of nitrogens with two attached hydrogens (primary N) is 1. The normalized spacial score (nSPS) is 16.2. The lowest BCUT2D eigenvalue weighted by Crippen LogP contribution is -2.36. The number of nitrogens with zero attached hydrogens (tertiary/aromatic N) is 3. The number of morpholine rings is 1. The number of hydrogen-bond donors (Lipinski definition) is 2. The van der Waals surface area contributed by atoms with Crippen LogP contribution in [0.2, 0.25) is 0 Å². The summed E-state index contributed by atoms with van der Waals surface area (Å²) in [5.74, 6) is 0. The van der Waals surface area contributed by atoms with Crippen molar-refractivity contribution in [3.8, 4) is 0 Å². The highest BCUT2D eigenvalue weighted by atomic mass is 32.1. The Morgan fingerprint density at radius 1 is 1.61 bits per heavy atom. The first-order valence-electron chi connectivity index (χ1n) is 5.55. The highest BCUT2D eigenvalue weighted by Gasteiger charge is 2.16. The summed E-state index contributed by atoms with van der Waals surface area (Å²) in [6, 6.07) is 0. The Morgan fingerprint density at radius 2 is 2.33 bits per heavy atom. The molecule has 2 heterocycles. The number of aromatic nitrogens is 1. The van der Waals surface area contributed by atoms with Crippen LogP contribution in [-0.2, 0) is 4.74 Å². The Labute approximate surface area is 115 Å². The minimum absolute atomic E-state index is 0.154. The van der Waals surface area contributed by atoms with Crippen LogP contribution in [0.1, 0.15) is 10.6 Å². The van der Waals surface area contributed by atoms with E-state index >= 15 is 0 Å². The van der Waals surface area contributed by atoms with E-state index in [9.17, 15) is 0 Å². The van der Waals surface area contributed by atoms with Crippen LogP contribution in [0.25, 0.3) is 0 Å². The van der Waals surface area contributed by atoms with Crippen LogP contribution in [0.5, 0.6) is 0 Å². The quantitative estimate of drug-likeness (QED) is 0.477. The number of thiocarbonyl (C=S) groups is 1. The second-order valence-corrected chi connectivity index (χ2v) is 5.23. The summed E-state index contributed by atoms with van der Waals surface area (Å²) in [5.41, 5.74) is 8.78. The molecule has 1 fully saturated rings. The number of anilines is 1. The third kappa shape index (κ3) is 3.37. The molecule has 0 aromatic carbocycles. The van der Waals surface area contributed by atoms with Gasteiger partial charge in [0.25, 0.3) is 0 Å². The Kier molecular flexibility index (Phi) is 4.45. The molecule has 1 aliphatic heterocycles. The van der Waals surface area contributed by atoms with Crippen molar-refractivity contribution < 1.29 is 4.74 Å². The molecule has 2 rings (SSSR count). The zero-order valence-corrected chi connectivity index (χ0v) is 11.7. The molecular formula is C10H15N5OS2. The molecule has 0 unspecified atom stereocenters. The first kappa shape index (κ1) is 13.2. The van der Waals surface area contributed by atoms with Gasteiger partial charge in [-0.2, -0.15) is 5.10 Å². The number of hydrazone groups is 1. The van der Waals surface area contributed by atoms with Crippen molar-refractivity contribution in [2.75, 3.05) is 31.2 Å². The average molecular weight is 285 g/mol. The fourth-order valence-electron chi connectivity index (χ4n) is 1.56. The van der Waals surface area contributed by atoms with E-state index in [1.54, 1.807) is 17.6 Å². The highest BCUT2D eigenvalue weighted by molar-refractivity contribution is 7.80. The van der Waals surface area contributed by atoms with Gasteiger partial charge in [-0.15, -0.1) is 0 Å². The van der Waals surface area contributed by atoms with Gasteiger partial charge < -0.3 is 15.4 Å². The molecule has 98 valence electrons. The zero-order valence-electron chi connectivity index (χ0n) is 10.0. The Balaban J connectivity index is 2.06. The van der Waals surface area contributed by atoms with E-state index in [2.05, 4.69) is 32.6 Å². The fourth-order valence-corrected chi connectivity index (χ4v) is 2.60. The molecule has 18 heavy (non-hydrogen) atoms. The maximum atomic E-state index is 5.32. The van der Waals surface area contributed by atoms with Crippen molar-refractivity contribution in [2.45, 2.75) is 6.92 Å². The van der Waals surface area contributed by atoms with Gasteiger partial charge in [-0.1, -0.05) is 11.3 Å². The molecule has 3 N–H and O–H groups in total. The third-order valence-electron chi connectivity index (χ3n) is 2.46. The van der Waals surface area contributed by atoms with Gasteiger partial charge >= 0.3 is 0 Å². The van der Waals surface area contributed by atoms with E-state index in [0.29, 0.717) is 0 Å². The first-order chi connectivity index (χ1) is 8.66. The number of ether oxygens (including phenoxy) is 1. The number of nitrogens with one attached hydrogen (secondary N) is 1. The molecule has 0 amide bonds. The summed E-state index contributed by atoms with van der Waals surface area (Å²) in [6.45, 7) is 5.24. The molecule has 1 aromatic heterocycles. The zero-order chi connectivity index (χ0) is 13.0. The van der Waals surface area contributed by atoms with Crippen molar-refractivity contribution in [1.29, 1.82) is 0 Å². The number of hydrogen-bond acceptors (Lipinski definition) is 6. The van der Waals surface area contributed by atoms with Crippen LogP contribution >= 0.6 is 23.6 Å². The van der Waals surface area contributed by atoms with Crippen LogP contribution in [0.15, 0.2) is 5.10 Å². The van der Waals surface area contributed by atoms with Crippen molar-refractivity contribution in [3.05, 3.63) is 10.6 Å². The SMILES string of the molecule is Cc1nc(N2CCOCC2)sc1C=NNC(N)=S. The third-order valence-corrected chi connectivity index (χ3v) is 3.70. The van der Waals surface area contributed by atoms with Gasteiger partial charge in [0.05, 0.1) is 30.0 Å². The van der Waals surface area contributed by atoms with Gasteiger partial charge in [-0.25, -0.2) is 4.98 Å². The van der Waals surface area contributed by atoms with Crippen molar-refractivity contribution in [2.24, 2.45) is 10.8 Å². The molecule has 1 aromatic rings. The molecule has 1 saturated heterocycles. The molecule has 6 nitrogen and oxygen atoms in total. The van der Waals surface area contributed by atoms with Crippen LogP contribution in [0.3, 0.4) is 0 Å². The predicted molar refractivity (Wildman–Crippen MR) is 77.4 cm³/mol. The second kappa shape index (κ2) is 6.07. The molecule has 0 bridgehead atoms. The van der Waals surface area contributed by atoms with E-state index in [-0.39, 0.29) is 5.11 Å². The summed E-state index contributed by atoms with van der Waals surface area (Å²) in [4.78, 5) is 7.76. The number of rotatable bonds is 3. The maximum absolute atomic E-state index is 5.32. The molecule has 0 saturated carbocycles. The maximum Gasteiger partial charge on any atom is 0.186 e. The topological polar surface area (TPSA) is 75.8 Å². The Hall–Kier alpha value is -1.25.